The average molecular weight is 291 g/mol. The Bertz CT molecular complexity index is 792. The fourth-order valence-electron chi connectivity index (χ4n) is 3.11. The summed E-state index contributed by atoms with van der Waals surface area (Å²) in [6, 6.07) is -0.0244. The Labute approximate surface area is 122 Å². The molecule has 2 aromatic heterocycles. The van der Waals surface area contributed by atoms with E-state index >= 15 is 0 Å². The highest BCUT2D eigenvalue weighted by atomic mass is 16.2. The Morgan fingerprint density at radius 3 is 2.57 bits per heavy atom. The van der Waals surface area contributed by atoms with Gasteiger partial charge >= 0.3 is 5.69 Å². The van der Waals surface area contributed by atoms with E-state index in [1.165, 1.54) is 4.57 Å². The quantitative estimate of drug-likeness (QED) is 0.855. The molecule has 1 fully saturated rings. The molecular formula is C14H21N5O2. The third kappa shape index (κ3) is 2.03. The maximum absolute atomic E-state index is 12.8. The molecule has 2 aromatic rings. The molecule has 0 atom stereocenters. The zero-order valence-corrected chi connectivity index (χ0v) is 12.7. The summed E-state index contributed by atoms with van der Waals surface area (Å²) in [5.41, 5.74) is 0.569. The van der Waals surface area contributed by atoms with Gasteiger partial charge in [0.25, 0.3) is 5.56 Å². The van der Waals surface area contributed by atoms with E-state index in [1.54, 1.807) is 9.13 Å². The van der Waals surface area contributed by atoms with Gasteiger partial charge in [-0.05, 0) is 39.8 Å². The second-order valence-electron chi connectivity index (χ2n) is 5.57. The van der Waals surface area contributed by atoms with E-state index in [0.29, 0.717) is 17.7 Å². The number of hydrogen-bond acceptors (Lipinski definition) is 4. The third-order valence-electron chi connectivity index (χ3n) is 4.40. The zero-order chi connectivity index (χ0) is 15.1. The predicted octanol–water partition coefficient (Wildman–Crippen LogP) is 0.150. The topological polar surface area (TPSA) is 73.8 Å². The Morgan fingerprint density at radius 1 is 1.29 bits per heavy atom. The minimum absolute atomic E-state index is 0.0244. The number of rotatable bonds is 2. The van der Waals surface area contributed by atoms with Gasteiger partial charge in [-0.2, -0.15) is 0 Å². The van der Waals surface area contributed by atoms with E-state index < -0.39 is 0 Å². The summed E-state index contributed by atoms with van der Waals surface area (Å²) in [5, 5.41) is 3.26. The molecule has 1 aliphatic heterocycles. The molecule has 0 aliphatic carbocycles. The molecule has 0 bridgehead atoms. The highest BCUT2D eigenvalue weighted by molar-refractivity contribution is 5.70. The van der Waals surface area contributed by atoms with Gasteiger partial charge < -0.3 is 9.88 Å². The summed E-state index contributed by atoms with van der Waals surface area (Å²) >= 11 is 0. The Hall–Kier alpha value is -1.89. The van der Waals surface area contributed by atoms with Crippen LogP contribution in [-0.2, 0) is 13.6 Å². The number of fused-ring (bicyclic) bond motifs is 1. The second kappa shape index (κ2) is 5.14. The molecule has 0 saturated carbocycles. The second-order valence-corrected chi connectivity index (χ2v) is 5.57. The minimum Gasteiger partial charge on any atom is -0.325 e. The summed E-state index contributed by atoms with van der Waals surface area (Å²) in [6.45, 7) is 5.94. The number of nitrogens with zero attached hydrogens (tertiary/aromatic N) is 4. The number of piperidine rings is 1. The lowest BCUT2D eigenvalue weighted by atomic mass is 10.1. The molecule has 0 amide bonds. The SMILES string of the molecule is CCn1c(=O)n(C2CCNCC2)c(=O)c2c1nc(C)n2C. The third-order valence-corrected chi connectivity index (χ3v) is 4.40. The van der Waals surface area contributed by atoms with Gasteiger partial charge in [-0.3, -0.25) is 13.9 Å². The summed E-state index contributed by atoms with van der Waals surface area (Å²) < 4.78 is 4.82. The van der Waals surface area contributed by atoms with Crippen molar-refractivity contribution in [3.8, 4) is 0 Å². The lowest BCUT2D eigenvalue weighted by Gasteiger charge is -2.24. The van der Waals surface area contributed by atoms with Crippen molar-refractivity contribution >= 4 is 11.2 Å². The van der Waals surface area contributed by atoms with Crippen LogP contribution < -0.4 is 16.6 Å². The first-order valence-corrected chi connectivity index (χ1v) is 7.45. The van der Waals surface area contributed by atoms with Crippen molar-refractivity contribution in [2.24, 2.45) is 7.05 Å². The van der Waals surface area contributed by atoms with Crippen LogP contribution in [0.2, 0.25) is 0 Å². The number of imidazole rings is 1. The van der Waals surface area contributed by atoms with Crippen LogP contribution in [0.4, 0.5) is 0 Å². The van der Waals surface area contributed by atoms with Gasteiger partial charge in [0.15, 0.2) is 11.2 Å². The van der Waals surface area contributed by atoms with Crippen LogP contribution in [0.3, 0.4) is 0 Å². The molecule has 3 rings (SSSR count). The first-order chi connectivity index (χ1) is 10.1. The fourth-order valence-corrected chi connectivity index (χ4v) is 3.11. The van der Waals surface area contributed by atoms with Crippen molar-refractivity contribution < 1.29 is 0 Å². The molecule has 0 aromatic carbocycles. The Balaban J connectivity index is 2.36. The van der Waals surface area contributed by atoms with Crippen LogP contribution in [0.15, 0.2) is 9.59 Å². The predicted molar refractivity (Wildman–Crippen MR) is 80.8 cm³/mol. The molecule has 0 unspecified atom stereocenters. The minimum atomic E-state index is -0.236. The van der Waals surface area contributed by atoms with Crippen molar-refractivity contribution in [3.05, 3.63) is 26.7 Å². The number of aromatic nitrogens is 4. The lowest BCUT2D eigenvalue weighted by Crippen LogP contribution is -2.45. The van der Waals surface area contributed by atoms with Crippen LogP contribution in [0.5, 0.6) is 0 Å². The van der Waals surface area contributed by atoms with Gasteiger partial charge in [0.2, 0.25) is 0 Å². The van der Waals surface area contributed by atoms with Crippen molar-refractivity contribution in [2.75, 3.05) is 13.1 Å². The largest absolute Gasteiger partial charge is 0.332 e. The van der Waals surface area contributed by atoms with Gasteiger partial charge in [-0.1, -0.05) is 0 Å². The molecule has 7 heteroatoms. The molecule has 1 saturated heterocycles. The number of hydrogen-bond donors (Lipinski definition) is 1. The van der Waals surface area contributed by atoms with Crippen molar-refractivity contribution in [1.82, 2.24) is 24.0 Å². The standard InChI is InChI=1S/C14H21N5O2/c1-4-18-12-11(17(3)9(2)16-12)13(20)19(14(18)21)10-5-7-15-8-6-10/h10,15H,4-8H2,1-3H3. The average Bonchev–Trinajstić information content (AvgIpc) is 2.76. The zero-order valence-electron chi connectivity index (χ0n) is 12.7. The highest BCUT2D eigenvalue weighted by Crippen LogP contribution is 2.16. The number of nitrogens with one attached hydrogen (secondary N) is 1. The van der Waals surface area contributed by atoms with Crippen molar-refractivity contribution in [3.63, 3.8) is 0 Å². The molecule has 0 spiro atoms. The van der Waals surface area contributed by atoms with E-state index in [9.17, 15) is 9.59 Å². The molecule has 21 heavy (non-hydrogen) atoms. The molecule has 1 aliphatic rings. The summed E-state index contributed by atoms with van der Waals surface area (Å²) in [7, 11) is 1.82. The highest BCUT2D eigenvalue weighted by Gasteiger charge is 2.24. The molecule has 0 radical (unpaired) electrons. The van der Waals surface area contributed by atoms with Gasteiger partial charge in [-0.15, -0.1) is 0 Å². The maximum Gasteiger partial charge on any atom is 0.332 e. The monoisotopic (exact) mass is 291 g/mol. The van der Waals surface area contributed by atoms with E-state index in [4.69, 9.17) is 0 Å². The summed E-state index contributed by atoms with van der Waals surface area (Å²) in [4.78, 5) is 29.9. The molecule has 3 heterocycles. The van der Waals surface area contributed by atoms with E-state index in [1.807, 2.05) is 20.9 Å². The van der Waals surface area contributed by atoms with Gasteiger partial charge in [0.1, 0.15) is 5.82 Å². The van der Waals surface area contributed by atoms with E-state index in [2.05, 4.69) is 10.3 Å². The van der Waals surface area contributed by atoms with Crippen LogP contribution >= 0.6 is 0 Å². The summed E-state index contributed by atoms with van der Waals surface area (Å²) in [6.07, 6.45) is 1.61. The molecule has 1 N–H and O–H groups in total. The summed E-state index contributed by atoms with van der Waals surface area (Å²) in [5.74, 6) is 0.742. The number of aryl methyl sites for hydroxylation is 3. The van der Waals surface area contributed by atoms with E-state index in [0.717, 1.165) is 31.8 Å². The first kappa shape index (κ1) is 14.1. The van der Waals surface area contributed by atoms with E-state index in [-0.39, 0.29) is 17.3 Å². The Morgan fingerprint density at radius 2 is 1.95 bits per heavy atom. The van der Waals surface area contributed by atoms with Crippen LogP contribution in [-0.4, -0.2) is 31.8 Å². The molecule has 7 nitrogen and oxygen atoms in total. The van der Waals surface area contributed by atoms with Gasteiger partial charge in [0, 0.05) is 19.6 Å². The molecular weight excluding hydrogens is 270 g/mol. The van der Waals surface area contributed by atoms with Gasteiger partial charge in [-0.25, -0.2) is 9.78 Å². The fraction of sp³-hybridized carbons (Fsp3) is 0.643. The lowest BCUT2D eigenvalue weighted by molar-refractivity contribution is 0.345. The van der Waals surface area contributed by atoms with Crippen molar-refractivity contribution in [1.29, 1.82) is 0 Å². The van der Waals surface area contributed by atoms with Gasteiger partial charge in [0.05, 0.1) is 0 Å². The Kier molecular flexibility index (Phi) is 3.44. The van der Waals surface area contributed by atoms with Crippen molar-refractivity contribution in [2.45, 2.75) is 39.3 Å². The first-order valence-electron chi connectivity index (χ1n) is 7.45. The normalized spacial score (nSPS) is 16.7. The van der Waals surface area contributed by atoms with Crippen LogP contribution in [0, 0.1) is 6.92 Å². The van der Waals surface area contributed by atoms with Crippen LogP contribution in [0.1, 0.15) is 31.6 Å². The molecule has 114 valence electrons. The van der Waals surface area contributed by atoms with Crippen LogP contribution in [0.25, 0.3) is 11.2 Å². The smallest absolute Gasteiger partial charge is 0.325 e. The maximum atomic E-state index is 12.8.